The van der Waals surface area contributed by atoms with Crippen LogP contribution in [0.3, 0.4) is 0 Å². The smallest absolute Gasteiger partial charge is 0.276 e. The lowest BCUT2D eigenvalue weighted by molar-refractivity contribution is 0.0655. The number of piperidine rings is 1. The van der Waals surface area contributed by atoms with E-state index in [9.17, 15) is 4.79 Å². The number of nitrogen functional groups attached to an aromatic ring is 1. The molecule has 6 heteroatoms. The third-order valence-electron chi connectivity index (χ3n) is 4.14. The van der Waals surface area contributed by atoms with Gasteiger partial charge in [-0.1, -0.05) is 13.3 Å². The van der Waals surface area contributed by atoms with Crippen molar-refractivity contribution < 1.29 is 4.79 Å². The third kappa shape index (κ3) is 2.95. The number of nitrogens with zero attached hydrogens (tertiary/aromatic N) is 3. The SMILES string of the molecule is CCCc1[nH]nc(C(=O)N(C)C2CCN(C)CC2)c1N. The second kappa shape index (κ2) is 6.26. The number of anilines is 1. The van der Waals surface area contributed by atoms with Gasteiger partial charge in [0.2, 0.25) is 0 Å². The molecule has 1 saturated heterocycles. The van der Waals surface area contributed by atoms with Crippen molar-refractivity contribution >= 4 is 11.6 Å². The molecule has 1 aromatic rings. The van der Waals surface area contributed by atoms with Crippen molar-refractivity contribution in [3.8, 4) is 0 Å². The van der Waals surface area contributed by atoms with Gasteiger partial charge in [0, 0.05) is 13.1 Å². The number of amides is 1. The summed E-state index contributed by atoms with van der Waals surface area (Å²) in [7, 11) is 3.96. The average molecular weight is 279 g/mol. The fourth-order valence-electron chi connectivity index (χ4n) is 2.71. The van der Waals surface area contributed by atoms with Gasteiger partial charge in [-0.3, -0.25) is 9.89 Å². The van der Waals surface area contributed by atoms with Crippen molar-refractivity contribution in [1.82, 2.24) is 20.0 Å². The maximum Gasteiger partial charge on any atom is 0.276 e. The standard InChI is InChI=1S/C14H25N5O/c1-4-5-11-12(15)13(17-16-11)14(20)19(3)10-6-8-18(2)9-7-10/h10H,4-9,15H2,1-3H3,(H,16,17). The Bertz CT molecular complexity index is 462. The van der Waals surface area contributed by atoms with Gasteiger partial charge in [-0.05, 0) is 39.4 Å². The molecule has 1 aromatic heterocycles. The van der Waals surface area contributed by atoms with E-state index >= 15 is 0 Å². The molecule has 2 heterocycles. The Balaban J connectivity index is 2.06. The minimum absolute atomic E-state index is 0.0735. The number of carbonyl (C=O) groups excluding carboxylic acids is 1. The number of likely N-dealkylation sites (tertiary alicyclic amines) is 1. The van der Waals surface area contributed by atoms with Crippen molar-refractivity contribution in [2.24, 2.45) is 0 Å². The van der Waals surface area contributed by atoms with Crippen LogP contribution in [0.25, 0.3) is 0 Å². The highest BCUT2D eigenvalue weighted by Gasteiger charge is 2.27. The number of carbonyl (C=O) groups is 1. The Kier molecular flexibility index (Phi) is 4.65. The predicted octanol–water partition coefficient (Wildman–Crippen LogP) is 1.11. The first kappa shape index (κ1) is 14.8. The number of nitrogens with two attached hydrogens (primary N) is 1. The zero-order valence-electron chi connectivity index (χ0n) is 12.6. The highest BCUT2D eigenvalue weighted by Crippen LogP contribution is 2.21. The number of aromatic nitrogens is 2. The topological polar surface area (TPSA) is 78.2 Å². The lowest BCUT2D eigenvalue weighted by atomic mass is 10.0. The van der Waals surface area contributed by atoms with Crippen molar-refractivity contribution in [2.45, 2.75) is 38.6 Å². The van der Waals surface area contributed by atoms with E-state index in [1.54, 1.807) is 4.90 Å². The summed E-state index contributed by atoms with van der Waals surface area (Å²) in [5, 5.41) is 7.00. The van der Waals surface area contributed by atoms with Crippen LogP contribution in [0.2, 0.25) is 0 Å². The van der Waals surface area contributed by atoms with E-state index in [2.05, 4.69) is 29.1 Å². The van der Waals surface area contributed by atoms with Gasteiger partial charge in [0.25, 0.3) is 5.91 Å². The number of aryl methyl sites for hydroxylation is 1. The molecule has 0 saturated carbocycles. The van der Waals surface area contributed by atoms with Gasteiger partial charge < -0.3 is 15.5 Å². The molecule has 0 aromatic carbocycles. The number of rotatable bonds is 4. The molecule has 1 aliphatic rings. The van der Waals surface area contributed by atoms with E-state index < -0.39 is 0 Å². The Hall–Kier alpha value is -1.56. The van der Waals surface area contributed by atoms with E-state index in [1.807, 2.05) is 7.05 Å². The second-order valence-electron chi connectivity index (χ2n) is 5.66. The molecule has 1 fully saturated rings. The molecule has 0 radical (unpaired) electrons. The molecule has 20 heavy (non-hydrogen) atoms. The zero-order valence-corrected chi connectivity index (χ0v) is 12.6. The normalized spacial score (nSPS) is 17.4. The first-order chi connectivity index (χ1) is 9.54. The quantitative estimate of drug-likeness (QED) is 0.865. The van der Waals surface area contributed by atoms with Crippen molar-refractivity contribution in [3.05, 3.63) is 11.4 Å². The molecule has 0 bridgehead atoms. The lowest BCUT2D eigenvalue weighted by Crippen LogP contribution is -2.44. The van der Waals surface area contributed by atoms with Gasteiger partial charge >= 0.3 is 0 Å². The number of aromatic amines is 1. The van der Waals surface area contributed by atoms with Gasteiger partial charge in [0.05, 0.1) is 11.4 Å². The van der Waals surface area contributed by atoms with E-state index in [0.29, 0.717) is 11.4 Å². The van der Waals surface area contributed by atoms with Crippen LogP contribution in [-0.4, -0.2) is 59.1 Å². The Labute approximate surface area is 120 Å². The van der Waals surface area contributed by atoms with Crippen LogP contribution < -0.4 is 5.73 Å². The molecule has 0 unspecified atom stereocenters. The molecule has 6 nitrogen and oxygen atoms in total. The van der Waals surface area contributed by atoms with Crippen molar-refractivity contribution in [3.63, 3.8) is 0 Å². The largest absolute Gasteiger partial charge is 0.395 e. The fraction of sp³-hybridized carbons (Fsp3) is 0.714. The van der Waals surface area contributed by atoms with Gasteiger partial charge in [-0.2, -0.15) is 5.10 Å². The fourth-order valence-corrected chi connectivity index (χ4v) is 2.71. The zero-order chi connectivity index (χ0) is 14.7. The molecule has 3 N–H and O–H groups in total. The second-order valence-corrected chi connectivity index (χ2v) is 5.66. The van der Waals surface area contributed by atoms with Crippen LogP contribution in [0.5, 0.6) is 0 Å². The first-order valence-corrected chi connectivity index (χ1v) is 7.33. The Morgan fingerprint density at radius 3 is 2.75 bits per heavy atom. The first-order valence-electron chi connectivity index (χ1n) is 7.33. The number of hydrogen-bond acceptors (Lipinski definition) is 4. The summed E-state index contributed by atoms with van der Waals surface area (Å²) in [6, 6.07) is 0.282. The highest BCUT2D eigenvalue weighted by atomic mass is 16.2. The molecule has 2 rings (SSSR count). The van der Waals surface area contributed by atoms with Gasteiger partial charge in [0.15, 0.2) is 5.69 Å². The molecule has 1 aliphatic heterocycles. The minimum atomic E-state index is -0.0735. The summed E-state index contributed by atoms with van der Waals surface area (Å²) < 4.78 is 0. The summed E-state index contributed by atoms with van der Waals surface area (Å²) >= 11 is 0. The van der Waals surface area contributed by atoms with Crippen molar-refractivity contribution in [2.75, 3.05) is 32.9 Å². The molecule has 1 amide bonds. The summed E-state index contributed by atoms with van der Waals surface area (Å²) in [6.07, 6.45) is 3.81. The van der Waals surface area contributed by atoms with E-state index in [4.69, 9.17) is 5.73 Å². The summed E-state index contributed by atoms with van der Waals surface area (Å²) in [5.41, 5.74) is 7.78. The summed E-state index contributed by atoms with van der Waals surface area (Å²) in [6.45, 7) is 4.13. The van der Waals surface area contributed by atoms with Crippen LogP contribution in [0.1, 0.15) is 42.4 Å². The van der Waals surface area contributed by atoms with Crippen LogP contribution in [0.15, 0.2) is 0 Å². The molecule has 112 valence electrons. The van der Waals surface area contributed by atoms with Gasteiger partial charge in [0.1, 0.15) is 0 Å². The predicted molar refractivity (Wildman–Crippen MR) is 79.6 cm³/mol. The Morgan fingerprint density at radius 2 is 2.15 bits per heavy atom. The maximum absolute atomic E-state index is 12.5. The average Bonchev–Trinajstić information content (AvgIpc) is 2.80. The number of H-pyrrole nitrogens is 1. The van der Waals surface area contributed by atoms with E-state index in [0.717, 1.165) is 44.5 Å². The molecule has 0 atom stereocenters. The third-order valence-corrected chi connectivity index (χ3v) is 4.14. The van der Waals surface area contributed by atoms with E-state index in [1.165, 1.54) is 0 Å². The molecular formula is C14H25N5O. The van der Waals surface area contributed by atoms with Crippen molar-refractivity contribution in [1.29, 1.82) is 0 Å². The Morgan fingerprint density at radius 1 is 1.50 bits per heavy atom. The van der Waals surface area contributed by atoms with Gasteiger partial charge in [-0.15, -0.1) is 0 Å². The maximum atomic E-state index is 12.5. The monoisotopic (exact) mass is 279 g/mol. The highest BCUT2D eigenvalue weighted by molar-refractivity contribution is 5.97. The summed E-state index contributed by atoms with van der Waals surface area (Å²) in [4.78, 5) is 16.6. The van der Waals surface area contributed by atoms with E-state index in [-0.39, 0.29) is 11.9 Å². The molecular weight excluding hydrogens is 254 g/mol. The molecule has 0 spiro atoms. The van der Waals surface area contributed by atoms with Crippen LogP contribution in [0.4, 0.5) is 5.69 Å². The van der Waals surface area contributed by atoms with Crippen LogP contribution in [-0.2, 0) is 6.42 Å². The summed E-state index contributed by atoms with van der Waals surface area (Å²) in [5.74, 6) is -0.0735. The lowest BCUT2D eigenvalue weighted by Gasteiger charge is -2.34. The van der Waals surface area contributed by atoms with Gasteiger partial charge in [-0.25, -0.2) is 0 Å². The number of hydrogen-bond donors (Lipinski definition) is 2. The molecule has 0 aliphatic carbocycles. The minimum Gasteiger partial charge on any atom is -0.395 e. The van der Waals surface area contributed by atoms with Crippen LogP contribution in [0, 0.1) is 0 Å². The number of nitrogens with one attached hydrogen (secondary N) is 1. The van der Waals surface area contributed by atoms with Crippen LogP contribution >= 0.6 is 0 Å².